The first-order valence-corrected chi connectivity index (χ1v) is 7.38. The van der Waals surface area contributed by atoms with E-state index < -0.39 is 0 Å². The molecule has 0 aliphatic heterocycles. The lowest BCUT2D eigenvalue weighted by Crippen LogP contribution is -2.32. The number of benzene rings is 2. The summed E-state index contributed by atoms with van der Waals surface area (Å²) >= 11 is 0. The third-order valence-electron chi connectivity index (χ3n) is 3.37. The summed E-state index contributed by atoms with van der Waals surface area (Å²) in [6.07, 6.45) is 0.144. The normalized spacial score (nSPS) is 11.6. The van der Waals surface area contributed by atoms with E-state index in [2.05, 4.69) is 10.6 Å². The Morgan fingerprint density at radius 2 is 1.70 bits per heavy atom. The minimum atomic E-state index is -0.373. The summed E-state index contributed by atoms with van der Waals surface area (Å²) in [6.45, 7) is 1.74. The lowest BCUT2D eigenvalue weighted by Gasteiger charge is -2.18. The van der Waals surface area contributed by atoms with E-state index in [9.17, 15) is 14.0 Å². The first-order valence-electron chi connectivity index (χ1n) is 7.38. The van der Waals surface area contributed by atoms with Gasteiger partial charge in [0.05, 0.1) is 12.5 Å². The van der Waals surface area contributed by atoms with Gasteiger partial charge in [0.1, 0.15) is 5.82 Å². The lowest BCUT2D eigenvalue weighted by molar-refractivity contribution is -0.122. The second-order valence-corrected chi connectivity index (χ2v) is 5.27. The van der Waals surface area contributed by atoms with Crippen LogP contribution in [0.5, 0.6) is 0 Å². The second kappa shape index (κ2) is 8.08. The Balaban J connectivity index is 1.94. The van der Waals surface area contributed by atoms with Gasteiger partial charge in [0.25, 0.3) is 0 Å². The summed E-state index contributed by atoms with van der Waals surface area (Å²) in [5.41, 5.74) is 1.69. The Kier molecular flexibility index (Phi) is 5.86. The van der Waals surface area contributed by atoms with Crippen molar-refractivity contribution < 1.29 is 14.0 Å². The molecule has 0 saturated carbocycles. The van der Waals surface area contributed by atoms with Crippen molar-refractivity contribution in [1.82, 2.24) is 10.6 Å². The Morgan fingerprint density at radius 3 is 2.30 bits per heavy atom. The molecular weight excluding hydrogens is 295 g/mol. The number of carbonyl (C=O) groups is 2. The summed E-state index contributed by atoms with van der Waals surface area (Å²) in [5.74, 6) is -0.683. The van der Waals surface area contributed by atoms with Gasteiger partial charge in [-0.2, -0.15) is 0 Å². The number of hydrogen-bond donors (Lipinski definition) is 2. The maximum Gasteiger partial charge on any atom is 0.222 e. The highest BCUT2D eigenvalue weighted by atomic mass is 19.1. The van der Waals surface area contributed by atoms with Crippen LogP contribution in [0.2, 0.25) is 0 Å². The number of nitrogens with one attached hydrogen (secondary N) is 2. The van der Waals surface area contributed by atoms with Gasteiger partial charge in [-0.25, -0.2) is 4.39 Å². The molecule has 0 radical (unpaired) electrons. The van der Waals surface area contributed by atoms with Gasteiger partial charge in [-0.05, 0) is 23.3 Å². The highest BCUT2D eigenvalue weighted by Crippen LogP contribution is 2.16. The van der Waals surface area contributed by atoms with Crippen molar-refractivity contribution in [3.8, 4) is 0 Å². The molecule has 23 heavy (non-hydrogen) atoms. The lowest BCUT2D eigenvalue weighted by atomic mass is 10.0. The molecule has 1 atom stereocenters. The van der Waals surface area contributed by atoms with E-state index >= 15 is 0 Å². The SMILES string of the molecule is CC(=O)NC(CC(=O)NCc1ccc(F)cc1)c1ccccc1. The van der Waals surface area contributed by atoms with E-state index in [0.717, 1.165) is 11.1 Å². The molecule has 0 aliphatic rings. The van der Waals surface area contributed by atoms with Crippen molar-refractivity contribution in [2.45, 2.75) is 25.9 Å². The molecule has 5 heteroatoms. The zero-order valence-electron chi connectivity index (χ0n) is 12.9. The van der Waals surface area contributed by atoms with Crippen molar-refractivity contribution in [3.05, 3.63) is 71.5 Å². The number of hydrogen-bond acceptors (Lipinski definition) is 2. The molecular formula is C18H19FN2O2. The van der Waals surface area contributed by atoms with Crippen molar-refractivity contribution in [1.29, 1.82) is 0 Å². The Morgan fingerprint density at radius 1 is 1.04 bits per heavy atom. The van der Waals surface area contributed by atoms with Gasteiger partial charge in [-0.1, -0.05) is 42.5 Å². The van der Waals surface area contributed by atoms with Crippen LogP contribution in [0.15, 0.2) is 54.6 Å². The van der Waals surface area contributed by atoms with Gasteiger partial charge in [0.15, 0.2) is 0 Å². The molecule has 0 heterocycles. The van der Waals surface area contributed by atoms with Crippen LogP contribution in [0.3, 0.4) is 0 Å². The van der Waals surface area contributed by atoms with Crippen LogP contribution in [0.1, 0.15) is 30.5 Å². The van der Waals surface area contributed by atoms with Crippen LogP contribution in [-0.2, 0) is 16.1 Å². The number of amides is 2. The molecule has 2 N–H and O–H groups in total. The first-order chi connectivity index (χ1) is 11.0. The van der Waals surface area contributed by atoms with Crippen LogP contribution < -0.4 is 10.6 Å². The van der Waals surface area contributed by atoms with Crippen molar-refractivity contribution >= 4 is 11.8 Å². The molecule has 0 saturated heterocycles. The first kappa shape index (κ1) is 16.7. The van der Waals surface area contributed by atoms with Crippen molar-refractivity contribution in [2.24, 2.45) is 0 Å². The van der Waals surface area contributed by atoms with E-state index in [-0.39, 0.29) is 30.1 Å². The highest BCUT2D eigenvalue weighted by Gasteiger charge is 2.16. The predicted octanol–water partition coefficient (Wildman–Crippen LogP) is 2.71. The summed E-state index contributed by atoms with van der Waals surface area (Å²) in [7, 11) is 0. The predicted molar refractivity (Wildman–Crippen MR) is 85.9 cm³/mol. The molecule has 2 rings (SSSR count). The van der Waals surface area contributed by atoms with Gasteiger partial charge in [-0.15, -0.1) is 0 Å². The zero-order valence-corrected chi connectivity index (χ0v) is 12.9. The molecule has 1 unspecified atom stereocenters. The standard InChI is InChI=1S/C18H19FN2O2/c1-13(22)21-17(15-5-3-2-4-6-15)11-18(23)20-12-14-7-9-16(19)10-8-14/h2-10,17H,11-12H2,1H3,(H,20,23)(H,21,22). The monoisotopic (exact) mass is 314 g/mol. The third-order valence-corrected chi connectivity index (χ3v) is 3.37. The molecule has 4 nitrogen and oxygen atoms in total. The summed E-state index contributed by atoms with van der Waals surface area (Å²) < 4.78 is 12.8. The molecule has 0 spiro atoms. The molecule has 2 aromatic carbocycles. The molecule has 0 bridgehead atoms. The summed E-state index contributed by atoms with van der Waals surface area (Å²) in [6, 6.07) is 14.9. The molecule has 120 valence electrons. The van der Waals surface area contributed by atoms with Gasteiger partial charge < -0.3 is 10.6 Å². The van der Waals surface area contributed by atoms with Crippen LogP contribution in [-0.4, -0.2) is 11.8 Å². The summed E-state index contributed by atoms with van der Waals surface area (Å²) in [5, 5.41) is 5.56. The van der Waals surface area contributed by atoms with Gasteiger partial charge >= 0.3 is 0 Å². The largest absolute Gasteiger partial charge is 0.352 e. The van der Waals surface area contributed by atoms with E-state index in [1.165, 1.54) is 19.1 Å². The summed E-state index contributed by atoms with van der Waals surface area (Å²) in [4.78, 5) is 23.5. The van der Waals surface area contributed by atoms with Crippen LogP contribution in [0.4, 0.5) is 4.39 Å². The Labute approximate surface area is 134 Å². The average molecular weight is 314 g/mol. The van der Waals surface area contributed by atoms with Crippen LogP contribution in [0.25, 0.3) is 0 Å². The van der Waals surface area contributed by atoms with Gasteiger partial charge in [0, 0.05) is 13.5 Å². The van der Waals surface area contributed by atoms with E-state index in [1.807, 2.05) is 30.3 Å². The van der Waals surface area contributed by atoms with E-state index in [0.29, 0.717) is 6.54 Å². The minimum Gasteiger partial charge on any atom is -0.352 e. The Hall–Kier alpha value is -2.69. The molecule has 0 aromatic heterocycles. The molecule has 2 amide bonds. The average Bonchev–Trinajstić information content (AvgIpc) is 2.54. The molecule has 0 fully saturated rings. The van der Waals surface area contributed by atoms with E-state index in [1.54, 1.807) is 12.1 Å². The van der Waals surface area contributed by atoms with Gasteiger partial charge in [0.2, 0.25) is 11.8 Å². The second-order valence-electron chi connectivity index (χ2n) is 5.27. The number of carbonyl (C=O) groups excluding carboxylic acids is 2. The maximum absolute atomic E-state index is 12.8. The van der Waals surface area contributed by atoms with Crippen LogP contribution in [0, 0.1) is 5.82 Å². The molecule has 2 aromatic rings. The van der Waals surface area contributed by atoms with E-state index in [4.69, 9.17) is 0 Å². The quantitative estimate of drug-likeness (QED) is 0.861. The smallest absolute Gasteiger partial charge is 0.222 e. The highest BCUT2D eigenvalue weighted by molar-refractivity contribution is 5.79. The van der Waals surface area contributed by atoms with Crippen molar-refractivity contribution in [3.63, 3.8) is 0 Å². The Bertz CT molecular complexity index is 656. The zero-order chi connectivity index (χ0) is 16.7. The molecule has 0 aliphatic carbocycles. The fraction of sp³-hybridized carbons (Fsp3) is 0.222. The van der Waals surface area contributed by atoms with Crippen LogP contribution >= 0.6 is 0 Å². The topological polar surface area (TPSA) is 58.2 Å². The maximum atomic E-state index is 12.8. The third kappa shape index (κ3) is 5.54. The number of halogens is 1. The van der Waals surface area contributed by atoms with Crippen molar-refractivity contribution in [2.75, 3.05) is 0 Å². The van der Waals surface area contributed by atoms with Gasteiger partial charge in [-0.3, -0.25) is 9.59 Å². The fourth-order valence-corrected chi connectivity index (χ4v) is 2.24. The number of rotatable bonds is 6. The fourth-order valence-electron chi connectivity index (χ4n) is 2.24. The minimum absolute atomic E-state index is 0.144.